The zero-order valence-corrected chi connectivity index (χ0v) is 18.2. The van der Waals surface area contributed by atoms with E-state index in [4.69, 9.17) is 11.6 Å². The van der Waals surface area contributed by atoms with Crippen molar-refractivity contribution in [1.82, 2.24) is 10.2 Å². The number of para-hydroxylation sites is 1. The molecule has 2 aromatic carbocycles. The van der Waals surface area contributed by atoms with Gasteiger partial charge in [-0.3, -0.25) is 14.5 Å². The molecule has 0 aromatic heterocycles. The summed E-state index contributed by atoms with van der Waals surface area (Å²) in [6.45, 7) is 7.74. The Morgan fingerprint density at radius 2 is 1.83 bits per heavy atom. The van der Waals surface area contributed by atoms with Gasteiger partial charge in [0.25, 0.3) is 5.91 Å². The molecule has 0 aliphatic carbocycles. The maximum absolute atomic E-state index is 13.5. The van der Waals surface area contributed by atoms with Crippen LogP contribution in [0, 0.1) is 0 Å². The van der Waals surface area contributed by atoms with Gasteiger partial charge in [-0.1, -0.05) is 35.9 Å². The van der Waals surface area contributed by atoms with E-state index in [0.717, 1.165) is 48.1 Å². The Balaban J connectivity index is 1.57. The third kappa shape index (κ3) is 3.66. The quantitative estimate of drug-likeness (QED) is 0.798. The first-order valence-corrected chi connectivity index (χ1v) is 10.8. The van der Waals surface area contributed by atoms with Crippen LogP contribution < -0.4 is 15.1 Å². The topological polar surface area (TPSA) is 55.9 Å². The molecular formula is C23H27ClN4O2. The highest BCUT2D eigenvalue weighted by molar-refractivity contribution is 6.30. The number of halogens is 1. The van der Waals surface area contributed by atoms with Crippen LogP contribution in [0.15, 0.2) is 48.5 Å². The third-order valence-electron chi connectivity index (χ3n) is 5.98. The summed E-state index contributed by atoms with van der Waals surface area (Å²) in [6, 6.07) is 15.7. The zero-order chi connectivity index (χ0) is 21.3. The Bertz CT molecular complexity index is 958. The zero-order valence-electron chi connectivity index (χ0n) is 17.4. The summed E-state index contributed by atoms with van der Waals surface area (Å²) in [4.78, 5) is 32.0. The van der Waals surface area contributed by atoms with Crippen LogP contribution in [0.4, 0.5) is 11.4 Å². The molecule has 0 radical (unpaired) electrons. The molecule has 1 atom stereocenters. The molecule has 2 heterocycles. The minimum Gasteiger partial charge on any atom is -0.369 e. The summed E-state index contributed by atoms with van der Waals surface area (Å²) >= 11 is 6.14. The molecule has 2 amide bonds. The van der Waals surface area contributed by atoms with Crippen LogP contribution >= 0.6 is 11.6 Å². The lowest BCUT2D eigenvalue weighted by atomic mass is 9.90. The summed E-state index contributed by atoms with van der Waals surface area (Å²) in [7, 11) is 0. The van der Waals surface area contributed by atoms with Gasteiger partial charge in [-0.25, -0.2) is 0 Å². The fraction of sp³-hybridized carbons (Fsp3) is 0.391. The van der Waals surface area contributed by atoms with E-state index in [-0.39, 0.29) is 11.8 Å². The fourth-order valence-corrected chi connectivity index (χ4v) is 4.81. The second-order valence-electron chi connectivity index (χ2n) is 7.90. The first-order valence-electron chi connectivity index (χ1n) is 10.4. The van der Waals surface area contributed by atoms with Gasteiger partial charge in [0.1, 0.15) is 0 Å². The van der Waals surface area contributed by atoms with Crippen LogP contribution in [0.3, 0.4) is 0 Å². The van der Waals surface area contributed by atoms with E-state index in [0.29, 0.717) is 13.1 Å². The number of fused-ring (bicyclic) bond motifs is 1. The number of anilines is 2. The van der Waals surface area contributed by atoms with Crippen molar-refractivity contribution in [1.29, 1.82) is 0 Å². The number of carbonyl (C=O) groups is 2. The normalized spacial score (nSPS) is 21.6. The molecule has 1 N–H and O–H groups in total. The lowest BCUT2D eigenvalue weighted by molar-refractivity contribution is -0.131. The molecule has 0 bridgehead atoms. The van der Waals surface area contributed by atoms with Gasteiger partial charge in [-0.05, 0) is 31.2 Å². The Morgan fingerprint density at radius 3 is 2.50 bits per heavy atom. The van der Waals surface area contributed by atoms with Crippen LogP contribution in [0.1, 0.15) is 19.4 Å². The molecule has 2 aliphatic rings. The highest BCUT2D eigenvalue weighted by Crippen LogP contribution is 2.41. The van der Waals surface area contributed by atoms with E-state index < -0.39 is 5.54 Å². The second kappa shape index (κ2) is 8.28. The van der Waals surface area contributed by atoms with Crippen LogP contribution in [-0.2, 0) is 15.1 Å². The summed E-state index contributed by atoms with van der Waals surface area (Å²) in [5, 5.41) is 3.75. The number of nitrogens with zero attached hydrogens (tertiary/aromatic N) is 3. The van der Waals surface area contributed by atoms with Crippen molar-refractivity contribution in [3.8, 4) is 0 Å². The van der Waals surface area contributed by atoms with E-state index in [1.807, 2.05) is 49.4 Å². The Kier molecular flexibility index (Phi) is 5.71. The van der Waals surface area contributed by atoms with Crippen molar-refractivity contribution in [2.45, 2.75) is 19.4 Å². The number of amides is 2. The first-order chi connectivity index (χ1) is 14.4. The molecule has 1 fully saturated rings. The van der Waals surface area contributed by atoms with Gasteiger partial charge in [0.15, 0.2) is 5.54 Å². The largest absolute Gasteiger partial charge is 0.369 e. The molecule has 1 saturated heterocycles. The molecule has 30 heavy (non-hydrogen) atoms. The predicted molar refractivity (Wildman–Crippen MR) is 120 cm³/mol. The van der Waals surface area contributed by atoms with Gasteiger partial charge >= 0.3 is 0 Å². The SMILES string of the molecule is CCN1C(=O)[C@@](CN2CCN(c3cccc(Cl)c3)CC2)(NC(C)=O)c2ccccc21. The lowest BCUT2D eigenvalue weighted by Crippen LogP contribution is -2.60. The van der Waals surface area contributed by atoms with Gasteiger partial charge < -0.3 is 15.1 Å². The molecule has 6 nitrogen and oxygen atoms in total. The Labute approximate surface area is 182 Å². The van der Waals surface area contributed by atoms with Crippen LogP contribution in [0.5, 0.6) is 0 Å². The van der Waals surface area contributed by atoms with Gasteiger partial charge in [-0.15, -0.1) is 0 Å². The van der Waals surface area contributed by atoms with Crippen molar-refractivity contribution in [2.75, 3.05) is 49.1 Å². The number of hydrogen-bond donors (Lipinski definition) is 1. The van der Waals surface area contributed by atoms with Gasteiger partial charge in [0.2, 0.25) is 5.91 Å². The van der Waals surface area contributed by atoms with Crippen LogP contribution in [0.2, 0.25) is 5.02 Å². The van der Waals surface area contributed by atoms with Crippen molar-refractivity contribution < 1.29 is 9.59 Å². The molecule has 2 aliphatic heterocycles. The van der Waals surface area contributed by atoms with E-state index in [2.05, 4.69) is 21.2 Å². The van der Waals surface area contributed by atoms with Gasteiger partial charge in [-0.2, -0.15) is 0 Å². The van der Waals surface area contributed by atoms with Gasteiger partial charge in [0.05, 0.1) is 0 Å². The molecule has 4 rings (SSSR count). The predicted octanol–water partition coefficient (Wildman–Crippen LogP) is 2.86. The second-order valence-corrected chi connectivity index (χ2v) is 8.33. The summed E-state index contributed by atoms with van der Waals surface area (Å²) in [5.41, 5.74) is 1.83. The average molecular weight is 427 g/mol. The molecule has 158 valence electrons. The molecule has 0 unspecified atom stereocenters. The smallest absolute Gasteiger partial charge is 0.258 e. The number of benzene rings is 2. The number of nitrogens with one attached hydrogen (secondary N) is 1. The van der Waals surface area contributed by atoms with Gasteiger partial charge in [0, 0.05) is 68.2 Å². The highest BCUT2D eigenvalue weighted by atomic mass is 35.5. The number of piperazine rings is 1. The molecular weight excluding hydrogens is 400 g/mol. The fourth-order valence-electron chi connectivity index (χ4n) is 4.62. The standard InChI is InChI=1S/C23H27ClN4O2/c1-3-28-21-10-5-4-9-20(21)23(22(28)30,25-17(2)29)16-26-11-13-27(14-12-26)19-8-6-7-18(24)15-19/h4-10,15H,3,11-14,16H2,1-2H3,(H,25,29)/t23-/m0/s1. The third-order valence-corrected chi connectivity index (χ3v) is 6.21. The van der Waals surface area contributed by atoms with Crippen molar-refractivity contribution in [3.63, 3.8) is 0 Å². The Hall–Kier alpha value is -2.57. The highest BCUT2D eigenvalue weighted by Gasteiger charge is 2.52. The number of hydrogen-bond acceptors (Lipinski definition) is 4. The maximum atomic E-state index is 13.5. The molecule has 0 saturated carbocycles. The monoisotopic (exact) mass is 426 g/mol. The summed E-state index contributed by atoms with van der Waals surface area (Å²) in [6.07, 6.45) is 0. The number of rotatable bonds is 5. The summed E-state index contributed by atoms with van der Waals surface area (Å²) in [5.74, 6) is -0.257. The number of carbonyl (C=O) groups excluding carboxylic acids is 2. The van der Waals surface area contributed by atoms with Crippen molar-refractivity contribution in [3.05, 3.63) is 59.1 Å². The minimum absolute atomic E-state index is 0.0568. The molecule has 2 aromatic rings. The van der Waals surface area contributed by atoms with Crippen LogP contribution in [0.25, 0.3) is 0 Å². The van der Waals surface area contributed by atoms with E-state index in [1.54, 1.807) is 4.90 Å². The van der Waals surface area contributed by atoms with E-state index in [9.17, 15) is 9.59 Å². The molecule has 0 spiro atoms. The summed E-state index contributed by atoms with van der Waals surface area (Å²) < 4.78 is 0. The van der Waals surface area contributed by atoms with Crippen molar-refractivity contribution in [2.24, 2.45) is 0 Å². The van der Waals surface area contributed by atoms with E-state index >= 15 is 0 Å². The maximum Gasteiger partial charge on any atom is 0.258 e. The first kappa shape index (κ1) is 20.7. The lowest BCUT2D eigenvalue weighted by Gasteiger charge is -2.40. The minimum atomic E-state index is -1.04. The Morgan fingerprint density at radius 1 is 1.10 bits per heavy atom. The van der Waals surface area contributed by atoms with Crippen molar-refractivity contribution >= 4 is 34.8 Å². The van der Waals surface area contributed by atoms with Crippen LogP contribution in [-0.4, -0.2) is 56.0 Å². The number of likely N-dealkylation sites (N-methyl/N-ethyl adjacent to an activating group) is 1. The van der Waals surface area contributed by atoms with E-state index in [1.165, 1.54) is 6.92 Å². The average Bonchev–Trinajstić information content (AvgIpc) is 2.96. The molecule has 7 heteroatoms.